The summed E-state index contributed by atoms with van der Waals surface area (Å²) in [6.07, 6.45) is 7.24. The molecule has 4 aliphatic rings. The third-order valence-electron chi connectivity index (χ3n) is 6.76. The van der Waals surface area contributed by atoms with Crippen LogP contribution in [0.4, 0.5) is 0 Å². The fourth-order valence-electron chi connectivity index (χ4n) is 5.59. The molecule has 22 heavy (non-hydrogen) atoms. The first-order valence-corrected chi connectivity index (χ1v) is 9.63. The Balaban J connectivity index is 1.19. The van der Waals surface area contributed by atoms with E-state index in [9.17, 15) is 0 Å². The predicted molar refractivity (Wildman–Crippen MR) is 92.1 cm³/mol. The van der Waals surface area contributed by atoms with E-state index in [-0.39, 0.29) is 0 Å². The summed E-state index contributed by atoms with van der Waals surface area (Å²) in [6, 6.07) is 0.895. The molecular formula is C19H35N3. The molecular weight excluding hydrogens is 270 g/mol. The van der Waals surface area contributed by atoms with E-state index >= 15 is 0 Å². The molecule has 0 atom stereocenters. The van der Waals surface area contributed by atoms with Crippen molar-refractivity contribution < 1.29 is 0 Å². The molecule has 0 bridgehead atoms. The van der Waals surface area contributed by atoms with Crippen LogP contribution in [0.2, 0.25) is 0 Å². The van der Waals surface area contributed by atoms with Crippen LogP contribution in [0.25, 0.3) is 0 Å². The minimum atomic E-state index is 0.706. The first-order valence-electron chi connectivity index (χ1n) is 9.63. The minimum absolute atomic E-state index is 0.706. The molecule has 0 amide bonds. The lowest BCUT2D eigenvalue weighted by molar-refractivity contribution is -0.140. The maximum atomic E-state index is 2.80. The second-order valence-electron chi connectivity index (χ2n) is 9.68. The second kappa shape index (κ2) is 5.46. The summed E-state index contributed by atoms with van der Waals surface area (Å²) in [5.74, 6) is 0.876. The van der Waals surface area contributed by atoms with Gasteiger partial charge in [0.15, 0.2) is 0 Å². The van der Waals surface area contributed by atoms with Crippen molar-refractivity contribution >= 4 is 0 Å². The molecule has 0 N–H and O–H groups in total. The van der Waals surface area contributed by atoms with Crippen LogP contribution in [-0.2, 0) is 0 Å². The Hall–Kier alpha value is -0.120. The molecule has 1 spiro atoms. The number of piperidine rings is 1. The normalized spacial score (nSPS) is 32.2. The number of likely N-dealkylation sites (tertiary alicyclic amines) is 3. The molecule has 1 aliphatic carbocycles. The van der Waals surface area contributed by atoms with Gasteiger partial charge in [0.1, 0.15) is 0 Å². The van der Waals surface area contributed by atoms with Gasteiger partial charge in [-0.25, -0.2) is 0 Å². The minimum Gasteiger partial charge on any atom is -0.306 e. The van der Waals surface area contributed by atoms with Crippen molar-refractivity contribution in [1.82, 2.24) is 14.7 Å². The largest absolute Gasteiger partial charge is 0.306 e. The van der Waals surface area contributed by atoms with Gasteiger partial charge in [-0.15, -0.1) is 0 Å². The van der Waals surface area contributed by atoms with E-state index in [0.717, 1.165) is 17.4 Å². The van der Waals surface area contributed by atoms with E-state index in [2.05, 4.69) is 35.6 Å². The Morgan fingerprint density at radius 1 is 1.00 bits per heavy atom. The van der Waals surface area contributed by atoms with Gasteiger partial charge in [0, 0.05) is 44.2 Å². The van der Waals surface area contributed by atoms with Crippen molar-refractivity contribution in [1.29, 1.82) is 0 Å². The van der Waals surface area contributed by atoms with Gasteiger partial charge in [0.25, 0.3) is 0 Å². The number of nitrogens with zero attached hydrogens (tertiary/aromatic N) is 3. The smallest absolute Gasteiger partial charge is 0.0212 e. The van der Waals surface area contributed by atoms with Crippen LogP contribution < -0.4 is 0 Å². The van der Waals surface area contributed by atoms with Gasteiger partial charge in [-0.2, -0.15) is 0 Å². The van der Waals surface area contributed by atoms with Crippen LogP contribution in [0.1, 0.15) is 46.0 Å². The molecule has 1 saturated carbocycles. The number of rotatable bonds is 5. The van der Waals surface area contributed by atoms with Crippen molar-refractivity contribution in [3.8, 4) is 0 Å². The zero-order valence-electron chi connectivity index (χ0n) is 15.0. The van der Waals surface area contributed by atoms with Crippen LogP contribution >= 0.6 is 0 Å². The SMILES string of the molecule is CC(C)CC1(CN2CC3(C2)CN(C2CCN(C)CC2)C3)CC1. The Morgan fingerprint density at radius 3 is 2.18 bits per heavy atom. The van der Waals surface area contributed by atoms with Crippen molar-refractivity contribution in [3.63, 3.8) is 0 Å². The Morgan fingerprint density at radius 2 is 1.64 bits per heavy atom. The van der Waals surface area contributed by atoms with E-state index < -0.39 is 0 Å². The van der Waals surface area contributed by atoms with Crippen LogP contribution in [0, 0.1) is 16.7 Å². The van der Waals surface area contributed by atoms with Crippen LogP contribution in [0.3, 0.4) is 0 Å². The van der Waals surface area contributed by atoms with E-state index in [1.807, 2.05) is 0 Å². The summed E-state index contributed by atoms with van der Waals surface area (Å²) in [5, 5.41) is 0. The van der Waals surface area contributed by atoms with E-state index in [1.165, 1.54) is 77.9 Å². The third-order valence-corrected chi connectivity index (χ3v) is 6.76. The topological polar surface area (TPSA) is 9.72 Å². The zero-order chi connectivity index (χ0) is 15.4. The maximum Gasteiger partial charge on any atom is 0.0212 e. The van der Waals surface area contributed by atoms with Gasteiger partial charge < -0.3 is 9.80 Å². The molecule has 3 aliphatic heterocycles. The van der Waals surface area contributed by atoms with Gasteiger partial charge in [-0.1, -0.05) is 13.8 Å². The zero-order valence-corrected chi connectivity index (χ0v) is 15.0. The quantitative estimate of drug-likeness (QED) is 0.773. The fourth-order valence-corrected chi connectivity index (χ4v) is 5.59. The molecule has 3 heteroatoms. The number of hydrogen-bond acceptors (Lipinski definition) is 3. The summed E-state index contributed by atoms with van der Waals surface area (Å²) in [4.78, 5) is 8.06. The van der Waals surface area contributed by atoms with Crippen molar-refractivity contribution in [2.45, 2.75) is 52.0 Å². The highest BCUT2D eigenvalue weighted by atomic mass is 15.3. The molecule has 3 heterocycles. The Kier molecular flexibility index (Phi) is 3.82. The molecule has 0 aromatic heterocycles. The summed E-state index contributed by atoms with van der Waals surface area (Å²) in [5.41, 5.74) is 1.43. The molecule has 0 aromatic carbocycles. The third kappa shape index (κ3) is 2.97. The highest BCUT2D eigenvalue weighted by molar-refractivity contribution is 5.09. The lowest BCUT2D eigenvalue weighted by atomic mass is 9.71. The second-order valence-corrected chi connectivity index (χ2v) is 9.68. The first kappa shape index (κ1) is 15.4. The highest BCUT2D eigenvalue weighted by Gasteiger charge is 2.55. The average Bonchev–Trinajstić information content (AvgIpc) is 3.11. The van der Waals surface area contributed by atoms with Gasteiger partial charge in [0.2, 0.25) is 0 Å². The lowest BCUT2D eigenvalue weighted by Crippen LogP contribution is -2.74. The first-order chi connectivity index (χ1) is 10.5. The maximum absolute atomic E-state index is 2.80. The van der Waals surface area contributed by atoms with Crippen molar-refractivity contribution in [2.75, 3.05) is 52.9 Å². The Bertz CT molecular complexity index is 393. The van der Waals surface area contributed by atoms with Gasteiger partial charge in [-0.05, 0) is 63.6 Å². The van der Waals surface area contributed by atoms with Crippen molar-refractivity contribution in [2.24, 2.45) is 16.7 Å². The standard InChI is InChI=1S/C19H35N3/c1-16(2)10-18(6-7-18)11-21-12-19(13-21)14-22(15-19)17-4-8-20(3)9-5-17/h16-17H,4-15H2,1-3H3. The molecule has 0 radical (unpaired) electrons. The average molecular weight is 306 g/mol. The monoisotopic (exact) mass is 305 g/mol. The molecule has 0 unspecified atom stereocenters. The summed E-state index contributed by atoms with van der Waals surface area (Å²) in [7, 11) is 2.27. The summed E-state index contributed by atoms with van der Waals surface area (Å²) < 4.78 is 0. The van der Waals surface area contributed by atoms with E-state index in [1.54, 1.807) is 0 Å². The highest BCUT2D eigenvalue weighted by Crippen LogP contribution is 2.53. The van der Waals surface area contributed by atoms with Gasteiger partial charge in [-0.3, -0.25) is 4.90 Å². The van der Waals surface area contributed by atoms with Gasteiger partial charge in [0.05, 0.1) is 0 Å². The summed E-state index contributed by atoms with van der Waals surface area (Å²) in [6.45, 7) is 14.4. The fraction of sp³-hybridized carbons (Fsp3) is 1.00. The lowest BCUT2D eigenvalue weighted by Gasteiger charge is -2.63. The number of hydrogen-bond donors (Lipinski definition) is 0. The molecule has 0 aromatic rings. The van der Waals surface area contributed by atoms with E-state index in [4.69, 9.17) is 0 Å². The molecule has 4 rings (SSSR count). The van der Waals surface area contributed by atoms with E-state index in [0.29, 0.717) is 5.41 Å². The van der Waals surface area contributed by atoms with Gasteiger partial charge >= 0.3 is 0 Å². The van der Waals surface area contributed by atoms with Crippen LogP contribution in [-0.4, -0.2) is 73.6 Å². The van der Waals surface area contributed by atoms with Crippen molar-refractivity contribution in [3.05, 3.63) is 0 Å². The molecule has 126 valence electrons. The Labute approximate surface area is 137 Å². The predicted octanol–water partition coefficient (Wildman–Crippen LogP) is 2.52. The van der Waals surface area contributed by atoms with Crippen LogP contribution in [0.5, 0.6) is 0 Å². The molecule has 3 nitrogen and oxygen atoms in total. The molecule has 3 saturated heterocycles. The summed E-state index contributed by atoms with van der Waals surface area (Å²) >= 11 is 0. The molecule has 4 fully saturated rings. The van der Waals surface area contributed by atoms with Crippen LogP contribution in [0.15, 0.2) is 0 Å².